The largest absolute Gasteiger partial charge is 0.342 e. The van der Waals surface area contributed by atoms with Crippen molar-refractivity contribution in [1.29, 1.82) is 0 Å². The van der Waals surface area contributed by atoms with Crippen LogP contribution in [0.3, 0.4) is 0 Å². The monoisotopic (exact) mass is 397 g/mol. The quantitative estimate of drug-likeness (QED) is 0.323. The van der Waals surface area contributed by atoms with E-state index >= 15 is 0 Å². The summed E-state index contributed by atoms with van der Waals surface area (Å²) in [5.74, 6) is 0.389. The number of thioether (sulfide) groups is 1. The summed E-state index contributed by atoms with van der Waals surface area (Å²) in [6, 6.07) is 11.8. The van der Waals surface area contributed by atoms with Crippen LogP contribution in [0.5, 0.6) is 0 Å². The van der Waals surface area contributed by atoms with Crippen molar-refractivity contribution < 1.29 is 4.79 Å². The molecule has 0 bridgehead atoms. The summed E-state index contributed by atoms with van der Waals surface area (Å²) in [7, 11) is 0. The molecule has 1 heterocycles. The van der Waals surface area contributed by atoms with E-state index in [0.29, 0.717) is 34.9 Å². The van der Waals surface area contributed by atoms with Crippen molar-refractivity contribution in [1.82, 2.24) is 14.5 Å². The van der Waals surface area contributed by atoms with Gasteiger partial charge in [0.25, 0.3) is 5.56 Å². The first-order chi connectivity index (χ1) is 13.6. The summed E-state index contributed by atoms with van der Waals surface area (Å²) in [4.78, 5) is 32.2. The first-order valence-electron chi connectivity index (χ1n) is 9.92. The lowest BCUT2D eigenvalue weighted by Crippen LogP contribution is -2.33. The van der Waals surface area contributed by atoms with Gasteiger partial charge in [-0.05, 0) is 43.2 Å². The highest BCUT2D eigenvalue weighted by atomic mass is 32.2. The van der Waals surface area contributed by atoms with Crippen molar-refractivity contribution in [3.8, 4) is 0 Å². The maximum atomic E-state index is 13.0. The van der Waals surface area contributed by atoms with E-state index in [9.17, 15) is 9.59 Å². The molecule has 0 aliphatic heterocycles. The first-order valence-corrected chi connectivity index (χ1v) is 10.9. The number of amides is 1. The third kappa shape index (κ3) is 4.22. The standard InChI is InChI=1S/C22H27N3O2S/c1-4-7-12-24(5-2)20(26)15-28-22-23-19-14-17-11-9-8-10-16(17)13-18(19)21(27)25(22)6-3/h8-11,13-14H,4-7,12,15H2,1-3H3. The molecule has 0 fully saturated rings. The van der Waals surface area contributed by atoms with Crippen molar-refractivity contribution in [3.05, 3.63) is 46.8 Å². The second-order valence-electron chi connectivity index (χ2n) is 6.78. The minimum Gasteiger partial charge on any atom is -0.342 e. The lowest BCUT2D eigenvalue weighted by Gasteiger charge is -2.20. The normalized spacial score (nSPS) is 11.2. The van der Waals surface area contributed by atoms with Gasteiger partial charge >= 0.3 is 0 Å². The number of unbranched alkanes of at least 4 members (excludes halogenated alkanes) is 1. The highest BCUT2D eigenvalue weighted by Crippen LogP contribution is 2.23. The SMILES string of the molecule is CCCCN(CC)C(=O)CSc1nc2cc3ccccc3cc2c(=O)n1CC. The van der Waals surface area contributed by atoms with Crippen LogP contribution in [-0.4, -0.2) is 39.2 Å². The van der Waals surface area contributed by atoms with E-state index < -0.39 is 0 Å². The van der Waals surface area contributed by atoms with Crippen molar-refractivity contribution >= 4 is 39.3 Å². The Labute approximate surface area is 169 Å². The van der Waals surface area contributed by atoms with Crippen LogP contribution >= 0.6 is 11.8 Å². The lowest BCUT2D eigenvalue weighted by molar-refractivity contribution is -0.128. The van der Waals surface area contributed by atoms with Gasteiger partial charge in [0.05, 0.1) is 16.7 Å². The number of nitrogens with zero attached hydrogens (tertiary/aromatic N) is 3. The Hall–Kier alpha value is -2.34. The topological polar surface area (TPSA) is 55.2 Å². The number of carbonyl (C=O) groups is 1. The van der Waals surface area contributed by atoms with Gasteiger partial charge in [-0.3, -0.25) is 14.2 Å². The van der Waals surface area contributed by atoms with E-state index in [4.69, 9.17) is 4.98 Å². The zero-order valence-corrected chi connectivity index (χ0v) is 17.6. The molecule has 0 saturated heterocycles. The third-order valence-corrected chi connectivity index (χ3v) is 5.90. The first kappa shape index (κ1) is 20.4. The molecule has 28 heavy (non-hydrogen) atoms. The summed E-state index contributed by atoms with van der Waals surface area (Å²) in [5, 5.41) is 3.31. The number of fused-ring (bicyclic) bond motifs is 2. The predicted octanol–water partition coefficient (Wildman–Crippen LogP) is 4.31. The average Bonchev–Trinajstić information content (AvgIpc) is 2.71. The fraction of sp³-hybridized carbons (Fsp3) is 0.409. The van der Waals surface area contributed by atoms with Crippen LogP contribution < -0.4 is 5.56 Å². The number of hydrogen-bond acceptors (Lipinski definition) is 4. The van der Waals surface area contributed by atoms with Gasteiger partial charge < -0.3 is 4.90 Å². The highest BCUT2D eigenvalue weighted by Gasteiger charge is 2.16. The van der Waals surface area contributed by atoms with Crippen LogP contribution in [0.25, 0.3) is 21.7 Å². The molecule has 0 aliphatic carbocycles. The van der Waals surface area contributed by atoms with Crippen molar-refractivity contribution in [2.75, 3.05) is 18.8 Å². The summed E-state index contributed by atoms with van der Waals surface area (Å²) < 4.78 is 1.66. The Balaban J connectivity index is 1.93. The van der Waals surface area contributed by atoms with Crippen LogP contribution in [0.1, 0.15) is 33.6 Å². The number of benzene rings is 2. The molecule has 2 aromatic carbocycles. The Morgan fingerprint density at radius 1 is 1.14 bits per heavy atom. The van der Waals surface area contributed by atoms with E-state index in [1.807, 2.05) is 55.1 Å². The van der Waals surface area contributed by atoms with Crippen LogP contribution in [0, 0.1) is 0 Å². The molecule has 0 atom stereocenters. The van der Waals surface area contributed by atoms with E-state index in [2.05, 4.69) is 6.92 Å². The molecule has 0 aliphatic rings. The van der Waals surface area contributed by atoms with Gasteiger partial charge in [0.2, 0.25) is 5.91 Å². The van der Waals surface area contributed by atoms with Gasteiger partial charge in [-0.25, -0.2) is 4.98 Å². The molecule has 0 N–H and O–H groups in total. The molecule has 3 rings (SSSR count). The van der Waals surface area contributed by atoms with Gasteiger partial charge in [0, 0.05) is 19.6 Å². The molecule has 0 saturated carbocycles. The summed E-state index contributed by atoms with van der Waals surface area (Å²) >= 11 is 1.35. The molecule has 3 aromatic rings. The smallest absolute Gasteiger partial charge is 0.262 e. The number of aromatic nitrogens is 2. The second-order valence-corrected chi connectivity index (χ2v) is 7.72. The summed E-state index contributed by atoms with van der Waals surface area (Å²) in [6.07, 6.45) is 2.07. The predicted molar refractivity (Wildman–Crippen MR) is 117 cm³/mol. The fourth-order valence-corrected chi connectivity index (χ4v) is 4.27. The van der Waals surface area contributed by atoms with Crippen LogP contribution in [-0.2, 0) is 11.3 Å². The Kier molecular flexibility index (Phi) is 6.73. The van der Waals surface area contributed by atoms with E-state index in [-0.39, 0.29) is 11.5 Å². The Bertz CT molecular complexity index is 1050. The van der Waals surface area contributed by atoms with Gasteiger partial charge in [-0.15, -0.1) is 0 Å². The number of rotatable bonds is 8. The molecule has 1 aromatic heterocycles. The second kappa shape index (κ2) is 9.24. The van der Waals surface area contributed by atoms with Gasteiger partial charge in [0.1, 0.15) is 0 Å². The van der Waals surface area contributed by atoms with E-state index in [1.54, 1.807) is 4.57 Å². The lowest BCUT2D eigenvalue weighted by atomic mass is 10.1. The molecule has 6 heteroatoms. The molecule has 0 radical (unpaired) electrons. The Morgan fingerprint density at radius 3 is 2.50 bits per heavy atom. The molecular weight excluding hydrogens is 370 g/mol. The van der Waals surface area contributed by atoms with E-state index in [0.717, 1.165) is 30.2 Å². The third-order valence-electron chi connectivity index (χ3n) is 4.94. The number of carbonyl (C=O) groups excluding carboxylic acids is 1. The van der Waals surface area contributed by atoms with E-state index in [1.165, 1.54) is 11.8 Å². The molecule has 5 nitrogen and oxygen atoms in total. The maximum Gasteiger partial charge on any atom is 0.262 e. The maximum absolute atomic E-state index is 13.0. The zero-order valence-electron chi connectivity index (χ0n) is 16.8. The van der Waals surface area contributed by atoms with Crippen molar-refractivity contribution in [2.24, 2.45) is 0 Å². The fourth-order valence-electron chi connectivity index (χ4n) is 3.30. The van der Waals surface area contributed by atoms with Crippen molar-refractivity contribution in [2.45, 2.75) is 45.3 Å². The minimum absolute atomic E-state index is 0.0495. The summed E-state index contributed by atoms with van der Waals surface area (Å²) in [5.41, 5.74) is 0.633. The minimum atomic E-state index is -0.0495. The molecule has 0 unspecified atom stereocenters. The molecular formula is C22H27N3O2S. The summed E-state index contributed by atoms with van der Waals surface area (Å²) in [6.45, 7) is 8.07. The average molecular weight is 398 g/mol. The van der Waals surface area contributed by atoms with Gasteiger partial charge in [-0.2, -0.15) is 0 Å². The zero-order chi connectivity index (χ0) is 20.1. The molecule has 148 valence electrons. The molecule has 0 spiro atoms. The molecule has 1 amide bonds. The van der Waals surface area contributed by atoms with Gasteiger partial charge in [0.15, 0.2) is 5.16 Å². The Morgan fingerprint density at radius 2 is 1.86 bits per heavy atom. The van der Waals surface area contributed by atoms with Crippen LogP contribution in [0.4, 0.5) is 0 Å². The van der Waals surface area contributed by atoms with Crippen LogP contribution in [0.15, 0.2) is 46.3 Å². The van der Waals surface area contributed by atoms with Crippen LogP contribution in [0.2, 0.25) is 0 Å². The highest BCUT2D eigenvalue weighted by molar-refractivity contribution is 7.99. The van der Waals surface area contributed by atoms with Crippen molar-refractivity contribution in [3.63, 3.8) is 0 Å². The number of hydrogen-bond donors (Lipinski definition) is 0. The van der Waals surface area contributed by atoms with Gasteiger partial charge in [-0.1, -0.05) is 49.4 Å².